The van der Waals surface area contributed by atoms with Crippen LogP contribution in [0.4, 0.5) is 8.78 Å². The molecule has 0 aromatic heterocycles. The van der Waals surface area contributed by atoms with Crippen molar-refractivity contribution in [3.63, 3.8) is 0 Å². The van der Waals surface area contributed by atoms with Crippen molar-refractivity contribution in [2.75, 3.05) is 18.8 Å². The third-order valence-electron chi connectivity index (χ3n) is 3.21. The average Bonchev–Trinajstić information content (AvgIpc) is 2.37. The quantitative estimate of drug-likeness (QED) is 0.807. The van der Waals surface area contributed by atoms with Crippen LogP contribution in [0, 0.1) is 0 Å². The van der Waals surface area contributed by atoms with Gasteiger partial charge < -0.3 is 4.90 Å². The van der Waals surface area contributed by atoms with Crippen LogP contribution < -0.4 is 0 Å². The van der Waals surface area contributed by atoms with E-state index in [1.54, 1.807) is 6.07 Å². The first-order chi connectivity index (χ1) is 9.70. The Morgan fingerprint density at radius 2 is 2.10 bits per heavy atom. The number of nitrogens with zero attached hydrogens (tertiary/aromatic N) is 1. The van der Waals surface area contributed by atoms with Crippen LogP contribution in [0.3, 0.4) is 0 Å². The summed E-state index contributed by atoms with van der Waals surface area (Å²) >= 11 is 3.15. The number of likely N-dealkylation sites (tertiary alicyclic amines) is 1. The molecule has 1 fully saturated rings. The second kappa shape index (κ2) is 6.00. The monoisotopic (exact) mass is 381 g/mol. The van der Waals surface area contributed by atoms with Crippen LogP contribution in [0.2, 0.25) is 0 Å². The summed E-state index contributed by atoms with van der Waals surface area (Å²) in [6.45, 7) is -0.539. The molecule has 0 aliphatic carbocycles. The zero-order valence-electron chi connectivity index (χ0n) is 11.1. The van der Waals surface area contributed by atoms with Crippen molar-refractivity contribution in [2.24, 2.45) is 0 Å². The number of halogens is 3. The number of amides is 1. The van der Waals surface area contributed by atoms with Crippen LogP contribution in [0.25, 0.3) is 0 Å². The maximum absolute atomic E-state index is 13.3. The van der Waals surface area contributed by atoms with Crippen molar-refractivity contribution in [3.05, 3.63) is 28.7 Å². The molecule has 1 saturated heterocycles. The Hall–Kier alpha value is -1.02. The van der Waals surface area contributed by atoms with Gasteiger partial charge in [0.05, 0.1) is 11.4 Å². The predicted molar refractivity (Wildman–Crippen MR) is 77.0 cm³/mol. The van der Waals surface area contributed by atoms with E-state index in [4.69, 9.17) is 0 Å². The summed E-state index contributed by atoms with van der Waals surface area (Å²) in [5.74, 6) is -4.51. The van der Waals surface area contributed by atoms with Gasteiger partial charge in [-0.05, 0) is 24.6 Å². The second-order valence-electron chi connectivity index (χ2n) is 4.99. The normalized spacial score (nSPS) is 18.5. The Labute approximate surface area is 130 Å². The van der Waals surface area contributed by atoms with Gasteiger partial charge >= 0.3 is 0 Å². The average molecular weight is 382 g/mol. The molecule has 0 saturated carbocycles. The molecular formula is C13H14BrF2NO3S. The molecule has 1 aromatic rings. The van der Waals surface area contributed by atoms with E-state index in [0.717, 1.165) is 4.90 Å². The van der Waals surface area contributed by atoms with Gasteiger partial charge in [0, 0.05) is 17.4 Å². The summed E-state index contributed by atoms with van der Waals surface area (Å²) in [7, 11) is -3.83. The van der Waals surface area contributed by atoms with Gasteiger partial charge in [-0.1, -0.05) is 22.0 Å². The lowest BCUT2D eigenvalue weighted by molar-refractivity contribution is -0.138. The third-order valence-corrected chi connectivity index (χ3v) is 5.31. The number of sulfone groups is 1. The van der Waals surface area contributed by atoms with Crippen molar-refractivity contribution in [1.29, 1.82) is 0 Å². The van der Waals surface area contributed by atoms with E-state index in [0.29, 0.717) is 4.47 Å². The van der Waals surface area contributed by atoms with Crippen molar-refractivity contribution in [1.82, 2.24) is 4.90 Å². The zero-order chi connectivity index (χ0) is 15.7. The lowest BCUT2D eigenvalue weighted by atomic mass is 10.1. The van der Waals surface area contributed by atoms with E-state index in [-0.39, 0.29) is 24.3 Å². The lowest BCUT2D eigenvalue weighted by Crippen LogP contribution is -2.47. The number of hydrogen-bond acceptors (Lipinski definition) is 3. The number of hydrogen-bond donors (Lipinski definition) is 0. The molecule has 1 aromatic carbocycles. The SMILES string of the molecule is O=C(CS(=O)(=O)c1cccc(Br)c1)N1CCCC(F)(F)C1. The molecular weight excluding hydrogens is 368 g/mol. The number of rotatable bonds is 3. The molecule has 1 amide bonds. The first-order valence-corrected chi connectivity index (χ1v) is 8.78. The Balaban J connectivity index is 2.11. The largest absolute Gasteiger partial charge is 0.336 e. The van der Waals surface area contributed by atoms with Crippen molar-refractivity contribution in [2.45, 2.75) is 23.7 Å². The standard InChI is InChI=1S/C13H14BrF2NO3S/c14-10-3-1-4-11(7-10)21(19,20)8-12(18)17-6-2-5-13(15,16)9-17/h1,3-4,7H,2,5-6,8-9H2. The summed E-state index contributed by atoms with van der Waals surface area (Å²) < 4.78 is 51.4. The molecule has 0 radical (unpaired) electrons. The highest BCUT2D eigenvalue weighted by Gasteiger charge is 2.38. The van der Waals surface area contributed by atoms with Crippen molar-refractivity contribution in [3.8, 4) is 0 Å². The Bertz CT molecular complexity index is 649. The number of carbonyl (C=O) groups is 1. The molecule has 21 heavy (non-hydrogen) atoms. The van der Waals surface area contributed by atoms with Crippen molar-refractivity contribution < 1.29 is 22.0 Å². The first kappa shape index (κ1) is 16.4. The van der Waals surface area contributed by atoms with Gasteiger partial charge in [0.15, 0.2) is 9.84 Å². The Morgan fingerprint density at radius 3 is 2.71 bits per heavy atom. The van der Waals surface area contributed by atoms with Gasteiger partial charge in [0.1, 0.15) is 5.75 Å². The highest BCUT2D eigenvalue weighted by atomic mass is 79.9. The van der Waals surface area contributed by atoms with Crippen LogP contribution in [-0.2, 0) is 14.6 Å². The topological polar surface area (TPSA) is 54.5 Å². The molecule has 4 nitrogen and oxygen atoms in total. The van der Waals surface area contributed by atoms with E-state index < -0.39 is 34.0 Å². The van der Waals surface area contributed by atoms with E-state index in [2.05, 4.69) is 15.9 Å². The summed E-state index contributed by atoms with van der Waals surface area (Å²) in [4.78, 5) is 12.9. The lowest BCUT2D eigenvalue weighted by Gasteiger charge is -2.32. The molecule has 0 spiro atoms. The minimum Gasteiger partial charge on any atom is -0.336 e. The van der Waals surface area contributed by atoms with Crippen LogP contribution in [-0.4, -0.2) is 44.0 Å². The van der Waals surface area contributed by atoms with Gasteiger partial charge in [-0.3, -0.25) is 4.79 Å². The van der Waals surface area contributed by atoms with E-state index >= 15 is 0 Å². The maximum Gasteiger partial charge on any atom is 0.265 e. The number of carbonyl (C=O) groups excluding carboxylic acids is 1. The highest BCUT2D eigenvalue weighted by Crippen LogP contribution is 2.27. The molecule has 2 rings (SSSR count). The predicted octanol–water partition coefficient (Wildman–Crippen LogP) is 2.48. The van der Waals surface area contributed by atoms with Crippen LogP contribution in [0.5, 0.6) is 0 Å². The second-order valence-corrected chi connectivity index (χ2v) is 7.90. The van der Waals surface area contributed by atoms with Crippen LogP contribution in [0.15, 0.2) is 33.6 Å². The van der Waals surface area contributed by atoms with E-state index in [1.807, 2.05) is 0 Å². The molecule has 1 aliphatic rings. The van der Waals surface area contributed by atoms with Crippen LogP contribution in [0.1, 0.15) is 12.8 Å². The highest BCUT2D eigenvalue weighted by molar-refractivity contribution is 9.10. The summed E-state index contributed by atoms with van der Waals surface area (Å²) in [6.07, 6.45) is -0.0924. The number of alkyl halides is 2. The Kier molecular flexibility index (Phi) is 4.67. The summed E-state index contributed by atoms with van der Waals surface area (Å²) in [5.41, 5.74) is 0. The number of benzene rings is 1. The summed E-state index contributed by atoms with van der Waals surface area (Å²) in [6, 6.07) is 5.95. The zero-order valence-corrected chi connectivity index (χ0v) is 13.5. The Morgan fingerprint density at radius 1 is 1.38 bits per heavy atom. The van der Waals surface area contributed by atoms with Gasteiger partial charge in [0.2, 0.25) is 5.91 Å². The minimum atomic E-state index is -3.83. The third kappa shape index (κ3) is 4.23. The fraction of sp³-hybridized carbons (Fsp3) is 0.462. The number of piperidine rings is 1. The summed E-state index contributed by atoms with van der Waals surface area (Å²) in [5, 5.41) is 0. The molecule has 1 heterocycles. The maximum atomic E-state index is 13.3. The molecule has 0 bridgehead atoms. The minimum absolute atomic E-state index is 0.00556. The van der Waals surface area contributed by atoms with E-state index in [9.17, 15) is 22.0 Å². The fourth-order valence-electron chi connectivity index (χ4n) is 2.18. The molecule has 116 valence electrons. The van der Waals surface area contributed by atoms with E-state index in [1.165, 1.54) is 18.2 Å². The molecule has 1 aliphatic heterocycles. The molecule has 8 heteroatoms. The van der Waals surface area contributed by atoms with Gasteiger partial charge in [0.25, 0.3) is 5.92 Å². The fourth-order valence-corrected chi connectivity index (χ4v) is 3.99. The van der Waals surface area contributed by atoms with Crippen molar-refractivity contribution >= 4 is 31.7 Å². The van der Waals surface area contributed by atoms with Crippen LogP contribution >= 0.6 is 15.9 Å². The first-order valence-electron chi connectivity index (χ1n) is 6.34. The molecule has 0 unspecified atom stereocenters. The molecule has 0 atom stereocenters. The smallest absolute Gasteiger partial charge is 0.265 e. The van der Waals surface area contributed by atoms with Gasteiger partial charge in [-0.2, -0.15) is 0 Å². The van der Waals surface area contributed by atoms with Gasteiger partial charge in [-0.25, -0.2) is 17.2 Å². The molecule has 0 N–H and O–H groups in total. The van der Waals surface area contributed by atoms with Gasteiger partial charge in [-0.15, -0.1) is 0 Å².